The first-order valence-electron chi connectivity index (χ1n) is 13.6. The molecule has 0 aliphatic heterocycles. The summed E-state index contributed by atoms with van der Waals surface area (Å²) >= 11 is 0. The molecule has 36 heavy (non-hydrogen) atoms. The number of anilines is 1. The molecule has 0 atom stereocenters. The van der Waals surface area contributed by atoms with Gasteiger partial charge in [0, 0.05) is 25.3 Å². The standard InChI is InChI=1S/C34H36NP/c1-35(2)31-23-21-25-13-9-11-19-29(25)33(31)34-30-20-12-10-14-26(30)22-24-32(34)36(27-15-5-3-6-16-27)28-17-7-4-8-18-28/h3-8,15-18,21-24H,9-14,19-20H2,1-2H3. The molecule has 2 heteroatoms. The van der Waals surface area contributed by atoms with Gasteiger partial charge in [0.2, 0.25) is 0 Å². The molecular weight excluding hydrogens is 453 g/mol. The van der Waals surface area contributed by atoms with Gasteiger partial charge in [0.05, 0.1) is 0 Å². The van der Waals surface area contributed by atoms with Crippen LogP contribution in [0.5, 0.6) is 0 Å². The lowest BCUT2D eigenvalue weighted by molar-refractivity contribution is 0.682. The fraction of sp³-hybridized carbons (Fsp3) is 0.294. The molecule has 0 saturated carbocycles. The zero-order chi connectivity index (χ0) is 24.5. The summed E-state index contributed by atoms with van der Waals surface area (Å²) in [4.78, 5) is 2.35. The average molecular weight is 490 g/mol. The van der Waals surface area contributed by atoms with Crippen LogP contribution in [0.3, 0.4) is 0 Å². The number of benzene rings is 4. The summed E-state index contributed by atoms with van der Waals surface area (Å²) in [6.45, 7) is 0. The van der Waals surface area contributed by atoms with Gasteiger partial charge in [-0.05, 0) is 109 Å². The maximum Gasteiger partial charge on any atom is 0.0444 e. The number of hydrogen-bond acceptors (Lipinski definition) is 1. The summed E-state index contributed by atoms with van der Waals surface area (Å²) < 4.78 is 0. The van der Waals surface area contributed by atoms with Gasteiger partial charge < -0.3 is 4.90 Å². The van der Waals surface area contributed by atoms with E-state index in [9.17, 15) is 0 Å². The molecule has 4 aromatic rings. The van der Waals surface area contributed by atoms with Crippen LogP contribution >= 0.6 is 7.92 Å². The minimum Gasteiger partial charge on any atom is -0.377 e. The Morgan fingerprint density at radius 3 is 1.58 bits per heavy atom. The van der Waals surface area contributed by atoms with Crippen LogP contribution < -0.4 is 20.8 Å². The van der Waals surface area contributed by atoms with Crippen LogP contribution in [0.25, 0.3) is 11.1 Å². The molecule has 1 nitrogen and oxygen atoms in total. The molecule has 0 amide bonds. The minimum absolute atomic E-state index is 0.669. The van der Waals surface area contributed by atoms with Gasteiger partial charge in [-0.15, -0.1) is 0 Å². The lowest BCUT2D eigenvalue weighted by atomic mass is 9.80. The predicted octanol–water partition coefficient (Wildman–Crippen LogP) is 6.94. The third-order valence-electron chi connectivity index (χ3n) is 8.02. The molecule has 6 rings (SSSR count). The number of hydrogen-bond donors (Lipinski definition) is 0. The van der Waals surface area contributed by atoms with Crippen molar-refractivity contribution < 1.29 is 0 Å². The summed E-state index contributed by atoms with van der Waals surface area (Å²) in [6, 6.07) is 32.3. The molecule has 0 bridgehead atoms. The van der Waals surface area contributed by atoms with Crippen molar-refractivity contribution in [3.8, 4) is 11.1 Å². The van der Waals surface area contributed by atoms with Gasteiger partial charge in [0.25, 0.3) is 0 Å². The Balaban J connectivity index is 1.70. The van der Waals surface area contributed by atoms with E-state index >= 15 is 0 Å². The predicted molar refractivity (Wildman–Crippen MR) is 158 cm³/mol. The minimum atomic E-state index is -0.669. The van der Waals surface area contributed by atoms with Crippen molar-refractivity contribution in [2.45, 2.75) is 51.4 Å². The summed E-state index contributed by atoms with van der Waals surface area (Å²) in [5.41, 5.74) is 10.9. The van der Waals surface area contributed by atoms with Crippen molar-refractivity contribution in [2.75, 3.05) is 19.0 Å². The van der Waals surface area contributed by atoms with Gasteiger partial charge >= 0.3 is 0 Å². The van der Waals surface area contributed by atoms with Gasteiger partial charge in [-0.2, -0.15) is 0 Å². The molecule has 0 heterocycles. The van der Waals surface area contributed by atoms with E-state index in [-0.39, 0.29) is 0 Å². The first kappa shape index (κ1) is 23.5. The Hall–Kier alpha value is -2.89. The second-order valence-corrected chi connectivity index (χ2v) is 12.7. The van der Waals surface area contributed by atoms with Crippen molar-refractivity contribution in [1.29, 1.82) is 0 Å². The second-order valence-electron chi connectivity index (χ2n) is 10.5. The quantitative estimate of drug-likeness (QED) is 0.275. The number of rotatable bonds is 5. The Kier molecular flexibility index (Phi) is 6.68. The van der Waals surface area contributed by atoms with Crippen molar-refractivity contribution in [2.24, 2.45) is 0 Å². The van der Waals surface area contributed by atoms with Crippen LogP contribution in [0, 0.1) is 0 Å². The Bertz CT molecular complexity index is 1320. The van der Waals surface area contributed by atoms with Crippen molar-refractivity contribution in [1.82, 2.24) is 0 Å². The van der Waals surface area contributed by atoms with Crippen LogP contribution in [-0.4, -0.2) is 14.1 Å². The van der Waals surface area contributed by atoms with Gasteiger partial charge in [-0.1, -0.05) is 78.9 Å². The van der Waals surface area contributed by atoms with E-state index in [0.717, 1.165) is 0 Å². The maximum atomic E-state index is 2.51. The van der Waals surface area contributed by atoms with Gasteiger partial charge in [-0.3, -0.25) is 0 Å². The summed E-state index contributed by atoms with van der Waals surface area (Å²) in [6.07, 6.45) is 10.0. The van der Waals surface area contributed by atoms with Gasteiger partial charge in [0.15, 0.2) is 0 Å². The van der Waals surface area contributed by atoms with E-state index in [1.807, 2.05) is 0 Å². The van der Waals surface area contributed by atoms with E-state index in [0.29, 0.717) is 0 Å². The third-order valence-corrected chi connectivity index (χ3v) is 10.5. The summed E-state index contributed by atoms with van der Waals surface area (Å²) in [5.74, 6) is 0. The van der Waals surface area contributed by atoms with Crippen molar-refractivity contribution in [3.63, 3.8) is 0 Å². The van der Waals surface area contributed by atoms with Crippen LogP contribution in [0.1, 0.15) is 47.9 Å². The molecule has 0 radical (unpaired) electrons. The molecule has 2 aliphatic rings. The number of nitrogens with zero attached hydrogens (tertiary/aromatic N) is 1. The molecule has 2 aliphatic carbocycles. The smallest absolute Gasteiger partial charge is 0.0444 e. The highest BCUT2D eigenvalue weighted by Gasteiger charge is 2.29. The maximum absolute atomic E-state index is 2.51. The topological polar surface area (TPSA) is 3.24 Å². The van der Waals surface area contributed by atoms with Gasteiger partial charge in [-0.25, -0.2) is 0 Å². The molecular formula is C34H36NP. The molecule has 4 aromatic carbocycles. The van der Waals surface area contributed by atoms with Gasteiger partial charge in [0.1, 0.15) is 0 Å². The second kappa shape index (κ2) is 10.2. The van der Waals surface area contributed by atoms with E-state index in [4.69, 9.17) is 0 Å². The zero-order valence-corrected chi connectivity index (χ0v) is 22.5. The van der Waals surface area contributed by atoms with E-state index < -0.39 is 7.92 Å². The van der Waals surface area contributed by atoms with E-state index in [2.05, 4.69) is 104 Å². The fourth-order valence-electron chi connectivity index (χ4n) is 6.33. The molecule has 0 saturated heterocycles. The van der Waals surface area contributed by atoms with Crippen LogP contribution in [0.2, 0.25) is 0 Å². The average Bonchev–Trinajstić information content (AvgIpc) is 2.93. The largest absolute Gasteiger partial charge is 0.377 e. The Morgan fingerprint density at radius 1 is 0.528 bits per heavy atom. The number of fused-ring (bicyclic) bond motifs is 2. The normalized spacial score (nSPS) is 14.9. The molecule has 0 N–H and O–H groups in total. The van der Waals surface area contributed by atoms with Crippen molar-refractivity contribution >= 4 is 29.5 Å². The first-order valence-corrected chi connectivity index (χ1v) is 14.9. The van der Waals surface area contributed by atoms with Crippen molar-refractivity contribution in [3.05, 3.63) is 107 Å². The Morgan fingerprint density at radius 2 is 1.03 bits per heavy atom. The fourth-order valence-corrected chi connectivity index (χ4v) is 8.82. The molecule has 0 unspecified atom stereocenters. The van der Waals surface area contributed by atoms with E-state index in [1.54, 1.807) is 27.8 Å². The Labute approximate surface area is 217 Å². The molecule has 0 fully saturated rings. The highest BCUT2D eigenvalue weighted by atomic mass is 31.1. The molecule has 0 spiro atoms. The highest BCUT2D eigenvalue weighted by molar-refractivity contribution is 7.80. The van der Waals surface area contributed by atoms with Crippen LogP contribution in [0.15, 0.2) is 84.9 Å². The SMILES string of the molecule is CN(C)c1ccc2c(c1-c1c(P(c3ccccc3)c3ccccc3)ccc3c1CCCC3)CCCC2. The van der Waals surface area contributed by atoms with Crippen LogP contribution in [0.4, 0.5) is 5.69 Å². The molecule has 0 aromatic heterocycles. The van der Waals surface area contributed by atoms with Crippen LogP contribution in [-0.2, 0) is 25.7 Å². The summed E-state index contributed by atoms with van der Waals surface area (Å²) in [7, 11) is 3.78. The van der Waals surface area contributed by atoms with E-state index in [1.165, 1.54) is 78.5 Å². The lowest BCUT2D eigenvalue weighted by Crippen LogP contribution is -2.25. The third kappa shape index (κ3) is 4.29. The summed E-state index contributed by atoms with van der Waals surface area (Å²) in [5, 5.41) is 4.41. The lowest BCUT2D eigenvalue weighted by Gasteiger charge is -2.32. The highest BCUT2D eigenvalue weighted by Crippen LogP contribution is 2.46. The zero-order valence-electron chi connectivity index (χ0n) is 21.6. The first-order chi connectivity index (χ1) is 17.7. The monoisotopic (exact) mass is 489 g/mol. The number of aryl methyl sites for hydroxylation is 2. The molecule has 182 valence electrons.